The van der Waals surface area contributed by atoms with Crippen LogP contribution in [-0.2, 0) is 0 Å². The van der Waals surface area contributed by atoms with E-state index in [0.29, 0.717) is 23.5 Å². The average molecular weight is 286 g/mol. The largest absolute Gasteiger partial charge is 0.508 e. The predicted molar refractivity (Wildman–Crippen MR) is 79.6 cm³/mol. The van der Waals surface area contributed by atoms with Crippen LogP contribution >= 0.6 is 0 Å². The molecule has 0 saturated carbocycles. The average Bonchev–Trinajstić information content (AvgIpc) is 2.51. The standard InChI is InChI=1S/C15H18N4O2/c16-11-5-7-19(8-6-11)15-17-9-14(10-18-15)21-13-3-1-12(20)2-4-13/h1-4,9-11,20H,5-8,16H2. The molecule has 2 heterocycles. The monoisotopic (exact) mass is 286 g/mol. The van der Waals surface area contributed by atoms with Gasteiger partial charge in [0.2, 0.25) is 5.95 Å². The normalized spacial score (nSPS) is 16.0. The van der Waals surface area contributed by atoms with Crippen molar-refractivity contribution in [2.45, 2.75) is 18.9 Å². The second-order valence-electron chi connectivity index (χ2n) is 5.14. The molecule has 0 radical (unpaired) electrons. The van der Waals surface area contributed by atoms with Gasteiger partial charge in [0.25, 0.3) is 0 Å². The molecule has 0 atom stereocenters. The lowest BCUT2D eigenvalue weighted by atomic mass is 10.1. The third-order valence-electron chi connectivity index (χ3n) is 3.51. The molecule has 0 aliphatic carbocycles. The van der Waals surface area contributed by atoms with Crippen molar-refractivity contribution in [3.8, 4) is 17.2 Å². The number of benzene rings is 1. The summed E-state index contributed by atoms with van der Waals surface area (Å²) in [6.45, 7) is 1.78. The SMILES string of the molecule is NC1CCN(c2ncc(Oc3ccc(O)cc3)cn2)CC1. The lowest BCUT2D eigenvalue weighted by molar-refractivity contribution is 0.461. The minimum absolute atomic E-state index is 0.206. The third kappa shape index (κ3) is 3.41. The number of ether oxygens (including phenoxy) is 1. The number of phenols is 1. The molecule has 6 heteroatoms. The second-order valence-corrected chi connectivity index (χ2v) is 5.14. The van der Waals surface area contributed by atoms with E-state index in [4.69, 9.17) is 10.5 Å². The summed E-state index contributed by atoms with van der Waals surface area (Å²) >= 11 is 0. The summed E-state index contributed by atoms with van der Waals surface area (Å²) < 4.78 is 5.62. The van der Waals surface area contributed by atoms with E-state index >= 15 is 0 Å². The summed E-state index contributed by atoms with van der Waals surface area (Å²) in [6.07, 6.45) is 5.25. The first-order chi connectivity index (χ1) is 10.2. The number of hydrogen-bond acceptors (Lipinski definition) is 6. The summed E-state index contributed by atoms with van der Waals surface area (Å²) in [5.41, 5.74) is 5.89. The van der Waals surface area contributed by atoms with Crippen molar-refractivity contribution in [2.75, 3.05) is 18.0 Å². The van der Waals surface area contributed by atoms with Gasteiger partial charge in [-0.3, -0.25) is 0 Å². The summed E-state index contributed by atoms with van der Waals surface area (Å²) in [4.78, 5) is 10.8. The maximum atomic E-state index is 9.23. The fraction of sp³-hybridized carbons (Fsp3) is 0.333. The Labute approximate surface area is 123 Å². The van der Waals surface area contributed by atoms with Crippen molar-refractivity contribution >= 4 is 5.95 Å². The molecular formula is C15H18N4O2. The van der Waals surface area contributed by atoms with Gasteiger partial charge in [0.05, 0.1) is 12.4 Å². The Morgan fingerprint density at radius 1 is 1.05 bits per heavy atom. The lowest BCUT2D eigenvalue weighted by Gasteiger charge is -2.29. The van der Waals surface area contributed by atoms with Crippen LogP contribution in [0.2, 0.25) is 0 Å². The highest BCUT2D eigenvalue weighted by molar-refractivity contribution is 5.36. The van der Waals surface area contributed by atoms with Gasteiger partial charge in [-0.15, -0.1) is 0 Å². The Kier molecular flexibility index (Phi) is 3.87. The predicted octanol–water partition coefficient (Wildman–Crippen LogP) is 1.90. The Balaban J connectivity index is 1.65. The Morgan fingerprint density at radius 2 is 1.67 bits per heavy atom. The van der Waals surface area contributed by atoms with E-state index in [2.05, 4.69) is 14.9 Å². The third-order valence-corrected chi connectivity index (χ3v) is 3.51. The first kappa shape index (κ1) is 13.6. The summed E-state index contributed by atoms with van der Waals surface area (Å²) in [7, 11) is 0. The Bertz CT molecular complexity index is 578. The first-order valence-corrected chi connectivity index (χ1v) is 7.00. The molecule has 1 aromatic heterocycles. The van der Waals surface area contributed by atoms with Crippen molar-refractivity contribution in [1.29, 1.82) is 0 Å². The van der Waals surface area contributed by atoms with Gasteiger partial charge in [0.15, 0.2) is 5.75 Å². The summed E-state index contributed by atoms with van der Waals surface area (Å²) in [5, 5.41) is 9.23. The number of anilines is 1. The molecule has 110 valence electrons. The summed E-state index contributed by atoms with van der Waals surface area (Å²) in [5.74, 6) is 2.11. The number of aromatic nitrogens is 2. The highest BCUT2D eigenvalue weighted by Gasteiger charge is 2.18. The van der Waals surface area contributed by atoms with Gasteiger partial charge in [-0.25, -0.2) is 9.97 Å². The quantitative estimate of drug-likeness (QED) is 0.896. The molecule has 0 amide bonds. The van der Waals surface area contributed by atoms with Gasteiger partial charge in [0.1, 0.15) is 11.5 Å². The molecule has 1 saturated heterocycles. The Morgan fingerprint density at radius 3 is 2.29 bits per heavy atom. The fourth-order valence-corrected chi connectivity index (χ4v) is 2.28. The van der Waals surface area contributed by atoms with E-state index in [9.17, 15) is 5.11 Å². The molecule has 1 aliphatic rings. The summed E-state index contributed by atoms with van der Waals surface area (Å²) in [6, 6.07) is 6.81. The molecule has 3 N–H and O–H groups in total. The lowest BCUT2D eigenvalue weighted by Crippen LogP contribution is -2.40. The van der Waals surface area contributed by atoms with E-state index in [1.54, 1.807) is 36.7 Å². The Hall–Kier alpha value is -2.34. The topological polar surface area (TPSA) is 84.5 Å². The van der Waals surface area contributed by atoms with Crippen LogP contribution in [0.25, 0.3) is 0 Å². The van der Waals surface area contributed by atoms with Crippen molar-refractivity contribution in [1.82, 2.24) is 9.97 Å². The van der Waals surface area contributed by atoms with E-state index < -0.39 is 0 Å². The number of nitrogens with zero attached hydrogens (tertiary/aromatic N) is 3. The number of rotatable bonds is 3. The van der Waals surface area contributed by atoms with Crippen molar-refractivity contribution in [2.24, 2.45) is 5.73 Å². The first-order valence-electron chi connectivity index (χ1n) is 7.00. The van der Waals surface area contributed by atoms with Gasteiger partial charge >= 0.3 is 0 Å². The molecular weight excluding hydrogens is 268 g/mol. The van der Waals surface area contributed by atoms with E-state index in [1.807, 2.05) is 0 Å². The molecule has 6 nitrogen and oxygen atoms in total. The van der Waals surface area contributed by atoms with Crippen LogP contribution in [0.5, 0.6) is 17.2 Å². The minimum atomic E-state index is 0.206. The van der Waals surface area contributed by atoms with E-state index in [0.717, 1.165) is 25.9 Å². The second kappa shape index (κ2) is 5.97. The molecule has 0 bridgehead atoms. The fourth-order valence-electron chi connectivity index (χ4n) is 2.28. The van der Waals surface area contributed by atoms with Crippen LogP contribution in [0.15, 0.2) is 36.7 Å². The van der Waals surface area contributed by atoms with Gasteiger partial charge in [-0.1, -0.05) is 0 Å². The molecule has 2 aromatic rings. The zero-order valence-electron chi connectivity index (χ0n) is 11.6. The highest BCUT2D eigenvalue weighted by Crippen LogP contribution is 2.23. The van der Waals surface area contributed by atoms with Crippen molar-refractivity contribution in [3.63, 3.8) is 0 Å². The van der Waals surface area contributed by atoms with Gasteiger partial charge < -0.3 is 20.5 Å². The molecule has 1 aliphatic heterocycles. The number of phenolic OH excluding ortho intramolecular Hbond substituents is 1. The molecule has 3 rings (SSSR count). The van der Waals surface area contributed by atoms with E-state index in [1.165, 1.54) is 0 Å². The van der Waals surface area contributed by atoms with Crippen LogP contribution in [0, 0.1) is 0 Å². The molecule has 0 unspecified atom stereocenters. The van der Waals surface area contributed by atoms with Gasteiger partial charge in [-0.2, -0.15) is 0 Å². The van der Waals surface area contributed by atoms with Crippen LogP contribution < -0.4 is 15.4 Å². The molecule has 0 spiro atoms. The van der Waals surface area contributed by atoms with Crippen LogP contribution in [0.3, 0.4) is 0 Å². The number of aromatic hydroxyl groups is 1. The van der Waals surface area contributed by atoms with Gasteiger partial charge in [-0.05, 0) is 37.1 Å². The highest BCUT2D eigenvalue weighted by atomic mass is 16.5. The minimum Gasteiger partial charge on any atom is -0.508 e. The number of piperidine rings is 1. The van der Waals surface area contributed by atoms with Crippen molar-refractivity contribution < 1.29 is 9.84 Å². The van der Waals surface area contributed by atoms with Crippen molar-refractivity contribution in [3.05, 3.63) is 36.7 Å². The zero-order valence-corrected chi connectivity index (χ0v) is 11.6. The van der Waals surface area contributed by atoms with Crippen LogP contribution in [-0.4, -0.2) is 34.2 Å². The molecule has 1 fully saturated rings. The number of nitrogens with two attached hydrogens (primary N) is 1. The van der Waals surface area contributed by atoms with Crippen LogP contribution in [0.4, 0.5) is 5.95 Å². The van der Waals surface area contributed by atoms with Crippen LogP contribution in [0.1, 0.15) is 12.8 Å². The van der Waals surface area contributed by atoms with E-state index in [-0.39, 0.29) is 5.75 Å². The maximum absolute atomic E-state index is 9.23. The smallest absolute Gasteiger partial charge is 0.225 e. The molecule has 21 heavy (non-hydrogen) atoms. The zero-order chi connectivity index (χ0) is 14.7. The maximum Gasteiger partial charge on any atom is 0.225 e. The van der Waals surface area contributed by atoms with Gasteiger partial charge in [0, 0.05) is 19.1 Å². The molecule has 1 aromatic carbocycles. The number of hydrogen-bond donors (Lipinski definition) is 2.